The van der Waals surface area contributed by atoms with Gasteiger partial charge >= 0.3 is 0 Å². The first kappa shape index (κ1) is 25.8. The van der Waals surface area contributed by atoms with Gasteiger partial charge in [-0.15, -0.1) is 0 Å². The highest BCUT2D eigenvalue weighted by molar-refractivity contribution is 5.80. The molecule has 2 saturated heterocycles. The summed E-state index contributed by atoms with van der Waals surface area (Å²) in [7, 11) is 0. The van der Waals surface area contributed by atoms with Crippen LogP contribution < -0.4 is 24.7 Å². The van der Waals surface area contributed by atoms with Crippen LogP contribution >= 0.6 is 0 Å². The number of aryl methyl sites for hydroxylation is 1. The van der Waals surface area contributed by atoms with Gasteiger partial charge in [-0.25, -0.2) is 0 Å². The van der Waals surface area contributed by atoms with E-state index in [9.17, 15) is 0 Å². The Kier molecular flexibility index (Phi) is 8.92. The van der Waals surface area contributed by atoms with Crippen LogP contribution in [0, 0.1) is 6.92 Å². The maximum atomic E-state index is 5.83. The lowest BCUT2D eigenvalue weighted by molar-refractivity contribution is 0.216. The first-order chi connectivity index (χ1) is 18.7. The lowest BCUT2D eigenvalue weighted by atomic mass is 10.1. The summed E-state index contributed by atoms with van der Waals surface area (Å²) in [4.78, 5) is 14.4. The van der Waals surface area contributed by atoms with Gasteiger partial charge in [-0.2, -0.15) is 15.1 Å². The number of hydrogen-bond acceptors (Lipinski definition) is 8. The zero-order valence-electron chi connectivity index (χ0n) is 22.3. The quantitative estimate of drug-likeness (QED) is 0.212. The topological polar surface area (TPSA) is 75.1 Å². The second kappa shape index (κ2) is 13.1. The lowest BCUT2D eigenvalue weighted by Crippen LogP contribution is -2.33. The molecule has 8 heteroatoms. The first-order valence-electron chi connectivity index (χ1n) is 13.8. The molecule has 2 aliphatic heterocycles. The molecule has 0 unspecified atom stereocenters. The molecule has 0 atom stereocenters. The molecule has 0 amide bonds. The minimum Gasteiger partial charge on any atom is -0.490 e. The molecule has 2 aliphatic rings. The van der Waals surface area contributed by atoms with E-state index in [1.807, 2.05) is 61.5 Å². The number of nitrogens with zero attached hydrogens (tertiary/aromatic N) is 5. The fourth-order valence-electron chi connectivity index (χ4n) is 4.85. The number of para-hydroxylation sites is 1. The molecular formula is C30H38N6O2. The molecule has 0 radical (unpaired) electrons. The van der Waals surface area contributed by atoms with Gasteiger partial charge in [0.05, 0.1) is 6.21 Å². The summed E-state index contributed by atoms with van der Waals surface area (Å²) in [5.41, 5.74) is 5.24. The van der Waals surface area contributed by atoms with Crippen LogP contribution in [0.2, 0.25) is 0 Å². The molecule has 8 nitrogen and oxygen atoms in total. The molecule has 0 saturated carbocycles. The van der Waals surface area contributed by atoms with Crippen molar-refractivity contribution in [1.29, 1.82) is 0 Å². The molecule has 1 aromatic heterocycles. The van der Waals surface area contributed by atoms with Crippen LogP contribution in [-0.2, 0) is 0 Å². The Hall–Kier alpha value is -3.81. The van der Waals surface area contributed by atoms with E-state index >= 15 is 0 Å². The summed E-state index contributed by atoms with van der Waals surface area (Å²) in [6.07, 6.45) is 9.18. The minimum absolute atomic E-state index is 0.482. The van der Waals surface area contributed by atoms with Gasteiger partial charge in [0.15, 0.2) is 5.82 Å². The highest BCUT2D eigenvalue weighted by Crippen LogP contribution is 2.25. The van der Waals surface area contributed by atoms with E-state index in [0.717, 1.165) is 66.4 Å². The smallest absolute Gasteiger partial charge is 0.229 e. The summed E-state index contributed by atoms with van der Waals surface area (Å²) in [6.45, 7) is 7.14. The molecule has 0 bridgehead atoms. The molecule has 0 spiro atoms. The Morgan fingerprint density at radius 1 is 0.816 bits per heavy atom. The number of piperidine rings is 2. The molecule has 2 fully saturated rings. The van der Waals surface area contributed by atoms with Crippen LogP contribution in [0.4, 0.5) is 17.6 Å². The summed E-state index contributed by atoms with van der Waals surface area (Å²) in [6, 6.07) is 17.9. The largest absolute Gasteiger partial charge is 0.490 e. The summed E-state index contributed by atoms with van der Waals surface area (Å²) >= 11 is 0. The third-order valence-electron chi connectivity index (χ3n) is 7.00. The summed E-state index contributed by atoms with van der Waals surface area (Å²) in [5, 5.41) is 4.47. The third-order valence-corrected chi connectivity index (χ3v) is 7.00. The molecule has 3 heterocycles. The van der Waals surface area contributed by atoms with Gasteiger partial charge in [0.1, 0.15) is 30.5 Å². The first-order valence-corrected chi connectivity index (χ1v) is 13.8. The number of benzene rings is 2. The van der Waals surface area contributed by atoms with Crippen LogP contribution in [0.25, 0.3) is 0 Å². The van der Waals surface area contributed by atoms with Crippen molar-refractivity contribution in [1.82, 2.24) is 9.97 Å². The highest BCUT2D eigenvalue weighted by Gasteiger charge is 2.19. The van der Waals surface area contributed by atoms with Crippen molar-refractivity contribution in [3.05, 3.63) is 65.7 Å². The maximum absolute atomic E-state index is 5.83. The van der Waals surface area contributed by atoms with Crippen LogP contribution in [0.5, 0.6) is 11.5 Å². The fourth-order valence-corrected chi connectivity index (χ4v) is 4.85. The van der Waals surface area contributed by atoms with E-state index in [4.69, 9.17) is 19.4 Å². The molecule has 3 aromatic rings. The lowest BCUT2D eigenvalue weighted by Gasteiger charge is -2.31. The molecule has 5 rings (SSSR count). The standard InChI is InChI=1S/C30H38N6O2/c1-24-10-4-5-11-27(24)38-21-20-37-26-14-12-25(13-15-26)23-31-34-28-22-29(35-16-6-2-7-17-35)33-30(32-28)36-18-8-3-9-19-36/h4-5,10-15,22-23H,2-3,6-9,16-21H2,1H3,(H,32,33,34)/b31-23+. The number of nitrogens with one attached hydrogen (secondary N) is 1. The number of hydrazone groups is 1. The summed E-state index contributed by atoms with van der Waals surface area (Å²) in [5.74, 6) is 4.22. The van der Waals surface area contributed by atoms with E-state index in [1.54, 1.807) is 6.21 Å². The van der Waals surface area contributed by atoms with Crippen molar-refractivity contribution < 1.29 is 9.47 Å². The SMILES string of the molecule is Cc1ccccc1OCCOc1ccc(/C=N/Nc2cc(N3CCCCC3)nc(N3CCCCC3)n2)cc1. The number of rotatable bonds is 10. The minimum atomic E-state index is 0.482. The Morgan fingerprint density at radius 2 is 1.50 bits per heavy atom. The van der Waals surface area contributed by atoms with Gasteiger partial charge in [-0.05, 0) is 86.9 Å². The number of hydrogen-bond donors (Lipinski definition) is 1. The molecule has 200 valence electrons. The molecular weight excluding hydrogens is 476 g/mol. The molecule has 38 heavy (non-hydrogen) atoms. The average Bonchev–Trinajstić information content (AvgIpc) is 2.98. The van der Waals surface area contributed by atoms with Crippen molar-refractivity contribution in [2.75, 3.05) is 54.6 Å². The zero-order chi connectivity index (χ0) is 26.0. The Balaban J connectivity index is 1.16. The van der Waals surface area contributed by atoms with Crippen LogP contribution in [0.3, 0.4) is 0 Å². The van der Waals surface area contributed by atoms with E-state index in [1.165, 1.54) is 38.5 Å². The Morgan fingerprint density at radius 3 is 2.24 bits per heavy atom. The number of aromatic nitrogens is 2. The van der Waals surface area contributed by atoms with Crippen molar-refractivity contribution >= 4 is 23.8 Å². The van der Waals surface area contributed by atoms with Crippen molar-refractivity contribution in [2.24, 2.45) is 5.10 Å². The maximum Gasteiger partial charge on any atom is 0.229 e. The third kappa shape index (κ3) is 7.15. The normalized spacial score (nSPS) is 16.0. The highest BCUT2D eigenvalue weighted by atomic mass is 16.5. The van der Waals surface area contributed by atoms with Gasteiger partial charge in [0, 0.05) is 32.2 Å². The monoisotopic (exact) mass is 514 g/mol. The van der Waals surface area contributed by atoms with Crippen LogP contribution in [0.15, 0.2) is 59.7 Å². The van der Waals surface area contributed by atoms with E-state index in [-0.39, 0.29) is 0 Å². The van der Waals surface area contributed by atoms with E-state index < -0.39 is 0 Å². The van der Waals surface area contributed by atoms with Crippen molar-refractivity contribution in [3.8, 4) is 11.5 Å². The van der Waals surface area contributed by atoms with Crippen molar-refractivity contribution in [3.63, 3.8) is 0 Å². The summed E-state index contributed by atoms with van der Waals surface area (Å²) < 4.78 is 11.6. The van der Waals surface area contributed by atoms with Gasteiger partial charge in [0.2, 0.25) is 5.95 Å². The van der Waals surface area contributed by atoms with Crippen molar-refractivity contribution in [2.45, 2.75) is 45.4 Å². The van der Waals surface area contributed by atoms with Gasteiger partial charge in [-0.3, -0.25) is 5.43 Å². The number of ether oxygens (including phenoxy) is 2. The van der Waals surface area contributed by atoms with Gasteiger partial charge < -0.3 is 19.3 Å². The molecule has 1 N–H and O–H groups in total. The Labute approximate surface area is 225 Å². The second-order valence-electron chi connectivity index (χ2n) is 9.91. The van der Waals surface area contributed by atoms with Crippen LogP contribution in [-0.4, -0.2) is 55.6 Å². The van der Waals surface area contributed by atoms with Gasteiger partial charge in [0.25, 0.3) is 0 Å². The predicted molar refractivity (Wildman–Crippen MR) is 154 cm³/mol. The van der Waals surface area contributed by atoms with E-state index in [0.29, 0.717) is 13.2 Å². The molecule has 2 aromatic carbocycles. The Bertz CT molecular complexity index is 1150. The predicted octanol–water partition coefficient (Wildman–Crippen LogP) is 5.67. The zero-order valence-corrected chi connectivity index (χ0v) is 22.3. The van der Waals surface area contributed by atoms with E-state index in [2.05, 4.69) is 20.3 Å². The molecule has 0 aliphatic carbocycles. The van der Waals surface area contributed by atoms with Gasteiger partial charge in [-0.1, -0.05) is 18.2 Å². The fraction of sp³-hybridized carbons (Fsp3) is 0.433. The number of anilines is 3. The second-order valence-corrected chi connectivity index (χ2v) is 9.91. The average molecular weight is 515 g/mol. The van der Waals surface area contributed by atoms with Crippen LogP contribution in [0.1, 0.15) is 49.7 Å².